The molecule has 198 valence electrons. The number of hydrogen-bond acceptors (Lipinski definition) is 7. The zero-order valence-corrected chi connectivity index (χ0v) is 21.5. The number of aromatic nitrogens is 3. The summed E-state index contributed by atoms with van der Waals surface area (Å²) < 4.78 is 18.7. The molecule has 38 heavy (non-hydrogen) atoms. The third kappa shape index (κ3) is 5.55. The summed E-state index contributed by atoms with van der Waals surface area (Å²) >= 11 is 0. The average Bonchev–Trinajstić information content (AvgIpc) is 3.69. The summed E-state index contributed by atoms with van der Waals surface area (Å²) in [4.78, 5) is 29.2. The molecule has 1 aliphatic heterocycles. The number of hydrogen-bond donors (Lipinski definition) is 1. The van der Waals surface area contributed by atoms with Crippen molar-refractivity contribution in [1.82, 2.24) is 20.3 Å². The monoisotopic (exact) mass is 517 g/mol. The summed E-state index contributed by atoms with van der Waals surface area (Å²) in [6.07, 6.45) is 1.80. The van der Waals surface area contributed by atoms with Crippen LogP contribution in [-0.4, -0.2) is 52.7 Å². The van der Waals surface area contributed by atoms with Crippen LogP contribution in [0.25, 0.3) is 11.0 Å². The first kappa shape index (κ1) is 25.5. The number of anilines is 1. The molecular formula is C28H31N5O5. The molecule has 1 N–H and O–H groups in total. The number of amides is 2. The van der Waals surface area contributed by atoms with Gasteiger partial charge in [0.25, 0.3) is 5.91 Å². The molecule has 2 aromatic heterocycles. The zero-order valence-electron chi connectivity index (χ0n) is 21.5. The van der Waals surface area contributed by atoms with Gasteiger partial charge in [-0.2, -0.15) is 0 Å². The number of benzene rings is 2. The van der Waals surface area contributed by atoms with E-state index in [2.05, 4.69) is 15.6 Å². The number of nitrogens with one attached hydrogen (secondary N) is 1. The van der Waals surface area contributed by atoms with Gasteiger partial charge in [-0.3, -0.25) is 14.5 Å². The Morgan fingerprint density at radius 3 is 2.68 bits per heavy atom. The molecule has 0 saturated carbocycles. The van der Waals surface area contributed by atoms with E-state index in [-0.39, 0.29) is 24.5 Å². The minimum absolute atomic E-state index is 0.0472. The number of fused-ring (bicyclic) bond motifs is 1. The van der Waals surface area contributed by atoms with Crippen molar-refractivity contribution in [1.29, 1.82) is 0 Å². The molecule has 10 nitrogen and oxygen atoms in total. The van der Waals surface area contributed by atoms with E-state index in [0.29, 0.717) is 48.2 Å². The van der Waals surface area contributed by atoms with Crippen LogP contribution in [0.1, 0.15) is 37.3 Å². The Balaban J connectivity index is 1.51. The van der Waals surface area contributed by atoms with E-state index in [0.717, 1.165) is 18.4 Å². The molecule has 1 saturated heterocycles. The Kier molecular flexibility index (Phi) is 7.69. The number of ether oxygens (including phenoxy) is 2. The molecule has 2 aromatic carbocycles. The lowest BCUT2D eigenvalue weighted by Gasteiger charge is -2.30. The van der Waals surface area contributed by atoms with Gasteiger partial charge in [-0.05, 0) is 75.2 Å². The van der Waals surface area contributed by atoms with Gasteiger partial charge >= 0.3 is 0 Å². The van der Waals surface area contributed by atoms with Crippen molar-refractivity contribution >= 4 is 28.5 Å². The topological polar surface area (TPSA) is 112 Å². The van der Waals surface area contributed by atoms with Gasteiger partial charge in [0.2, 0.25) is 5.91 Å². The second kappa shape index (κ2) is 11.5. The Hall–Kier alpha value is -4.18. The van der Waals surface area contributed by atoms with Gasteiger partial charge in [0.1, 0.15) is 29.3 Å². The largest absolute Gasteiger partial charge is 0.494 e. The summed E-state index contributed by atoms with van der Waals surface area (Å²) in [6.45, 7) is 5.14. The summed E-state index contributed by atoms with van der Waals surface area (Å²) in [5, 5.41) is 11.3. The highest BCUT2D eigenvalue weighted by atomic mass is 16.5. The molecule has 2 atom stereocenters. The summed E-state index contributed by atoms with van der Waals surface area (Å²) in [5.41, 5.74) is 1.93. The lowest BCUT2D eigenvalue weighted by molar-refractivity contribution is -0.127. The lowest BCUT2D eigenvalue weighted by atomic mass is 10.1. The predicted molar refractivity (Wildman–Crippen MR) is 141 cm³/mol. The highest BCUT2D eigenvalue weighted by molar-refractivity contribution is 6.01. The van der Waals surface area contributed by atoms with E-state index in [1.165, 1.54) is 9.58 Å². The van der Waals surface area contributed by atoms with Crippen LogP contribution in [-0.2, 0) is 20.9 Å². The number of aryl methyl sites for hydroxylation is 1. The number of nitrogens with zero attached hydrogens (tertiary/aromatic N) is 4. The van der Waals surface area contributed by atoms with Gasteiger partial charge in [-0.15, -0.1) is 5.10 Å². The smallest absolute Gasteiger partial charge is 0.251 e. The van der Waals surface area contributed by atoms with Gasteiger partial charge in [0, 0.05) is 18.8 Å². The fraction of sp³-hybridized carbons (Fsp3) is 0.357. The Labute approximate surface area is 220 Å². The predicted octanol–water partition coefficient (Wildman–Crippen LogP) is 3.80. The average molecular weight is 518 g/mol. The molecular weight excluding hydrogens is 486 g/mol. The van der Waals surface area contributed by atoms with E-state index in [4.69, 9.17) is 13.9 Å². The maximum atomic E-state index is 14.0. The molecule has 0 bridgehead atoms. The molecule has 0 radical (unpaired) electrons. The highest BCUT2D eigenvalue weighted by Gasteiger charge is 2.36. The van der Waals surface area contributed by atoms with Crippen molar-refractivity contribution in [2.75, 3.05) is 24.7 Å². The van der Waals surface area contributed by atoms with E-state index in [1.807, 2.05) is 31.2 Å². The Morgan fingerprint density at radius 2 is 1.97 bits per heavy atom. The standard InChI is InChI=1S/C28H31N5O5/c1-3-36-21-13-11-20(12-14-21)33(26(34)18-32-24-9-5-4-8-23(24)30-31-32)27(25-15-10-19(2)38-25)28(35)29-17-22-7-6-16-37-22/h4-5,8-15,22,27H,3,6-7,16-18H2,1-2H3,(H,29,35)/t22-,27-/m0/s1. The molecule has 0 spiro atoms. The third-order valence-electron chi connectivity index (χ3n) is 6.46. The molecule has 1 aliphatic rings. The minimum Gasteiger partial charge on any atom is -0.494 e. The highest BCUT2D eigenvalue weighted by Crippen LogP contribution is 2.31. The number of furan rings is 1. The normalized spacial score (nSPS) is 15.9. The number of rotatable bonds is 10. The molecule has 1 fully saturated rings. The van der Waals surface area contributed by atoms with Crippen molar-refractivity contribution in [2.24, 2.45) is 0 Å². The first-order valence-electron chi connectivity index (χ1n) is 12.8. The van der Waals surface area contributed by atoms with Gasteiger partial charge in [-0.25, -0.2) is 4.68 Å². The van der Waals surface area contributed by atoms with E-state index in [1.54, 1.807) is 43.3 Å². The number of carbonyl (C=O) groups is 2. The van der Waals surface area contributed by atoms with Gasteiger partial charge in [0.15, 0.2) is 6.04 Å². The Morgan fingerprint density at radius 1 is 1.16 bits per heavy atom. The van der Waals surface area contributed by atoms with Crippen LogP contribution in [0.2, 0.25) is 0 Å². The van der Waals surface area contributed by atoms with E-state index < -0.39 is 6.04 Å². The van der Waals surface area contributed by atoms with Gasteiger partial charge in [0.05, 0.1) is 18.2 Å². The van der Waals surface area contributed by atoms with Crippen molar-refractivity contribution < 1.29 is 23.5 Å². The molecule has 0 aliphatic carbocycles. The summed E-state index contributed by atoms with van der Waals surface area (Å²) in [6, 6.07) is 16.9. The van der Waals surface area contributed by atoms with Crippen LogP contribution in [0.4, 0.5) is 5.69 Å². The van der Waals surface area contributed by atoms with Crippen LogP contribution < -0.4 is 15.0 Å². The second-order valence-electron chi connectivity index (χ2n) is 9.16. The first-order chi connectivity index (χ1) is 18.5. The molecule has 3 heterocycles. The Bertz CT molecular complexity index is 1390. The maximum absolute atomic E-state index is 14.0. The van der Waals surface area contributed by atoms with E-state index in [9.17, 15) is 9.59 Å². The first-order valence-corrected chi connectivity index (χ1v) is 12.8. The van der Waals surface area contributed by atoms with Crippen molar-refractivity contribution in [3.05, 3.63) is 72.2 Å². The lowest BCUT2D eigenvalue weighted by Crippen LogP contribution is -2.46. The number of carbonyl (C=O) groups excluding carboxylic acids is 2. The van der Waals surface area contributed by atoms with Crippen molar-refractivity contribution in [3.8, 4) is 5.75 Å². The fourth-order valence-corrected chi connectivity index (χ4v) is 4.64. The third-order valence-corrected chi connectivity index (χ3v) is 6.46. The van der Waals surface area contributed by atoms with Crippen LogP contribution in [0, 0.1) is 6.92 Å². The van der Waals surface area contributed by atoms with E-state index >= 15 is 0 Å². The minimum atomic E-state index is -1.05. The fourth-order valence-electron chi connectivity index (χ4n) is 4.64. The second-order valence-corrected chi connectivity index (χ2v) is 9.16. The van der Waals surface area contributed by atoms with Crippen LogP contribution >= 0.6 is 0 Å². The summed E-state index contributed by atoms with van der Waals surface area (Å²) in [7, 11) is 0. The van der Waals surface area contributed by atoms with Crippen LogP contribution in [0.15, 0.2) is 65.1 Å². The van der Waals surface area contributed by atoms with Crippen molar-refractivity contribution in [3.63, 3.8) is 0 Å². The number of para-hydroxylation sites is 1. The van der Waals surface area contributed by atoms with Crippen molar-refractivity contribution in [2.45, 2.75) is 45.4 Å². The van der Waals surface area contributed by atoms with Crippen LogP contribution in [0.5, 0.6) is 5.75 Å². The summed E-state index contributed by atoms with van der Waals surface area (Å²) in [5.74, 6) is 0.951. The maximum Gasteiger partial charge on any atom is 0.251 e. The molecule has 4 aromatic rings. The van der Waals surface area contributed by atoms with Crippen LogP contribution in [0.3, 0.4) is 0 Å². The molecule has 5 rings (SSSR count). The molecule has 0 unspecified atom stereocenters. The molecule has 2 amide bonds. The zero-order chi connectivity index (χ0) is 26.5. The van der Waals surface area contributed by atoms with Gasteiger partial charge < -0.3 is 19.2 Å². The SMILES string of the molecule is CCOc1ccc(N(C(=O)Cn2nnc3ccccc32)[C@H](C(=O)NC[C@@H]2CCCO2)c2ccc(C)o2)cc1. The van der Waals surface area contributed by atoms with Gasteiger partial charge in [-0.1, -0.05) is 17.3 Å². The molecule has 10 heteroatoms. The quantitative estimate of drug-likeness (QED) is 0.341.